The zero-order valence-corrected chi connectivity index (χ0v) is 18.3. The number of methoxy groups -OCH3 is 3. The number of carbonyl (C=O) groups excluding carboxylic acids is 1. The Labute approximate surface area is 179 Å². The summed E-state index contributed by atoms with van der Waals surface area (Å²) in [4.78, 5) is 14.9. The van der Waals surface area contributed by atoms with Gasteiger partial charge in [0.2, 0.25) is 0 Å². The molecule has 1 fully saturated rings. The quantitative estimate of drug-likeness (QED) is 0.689. The first-order valence-electron chi connectivity index (χ1n) is 10.5. The number of urea groups is 1. The van der Waals surface area contributed by atoms with Crippen LogP contribution in [0, 0.1) is 0 Å². The van der Waals surface area contributed by atoms with Crippen LogP contribution in [0.1, 0.15) is 43.4 Å². The molecule has 0 saturated carbocycles. The van der Waals surface area contributed by atoms with Crippen LogP contribution in [0.25, 0.3) is 0 Å². The summed E-state index contributed by atoms with van der Waals surface area (Å²) in [6, 6.07) is 13.9. The standard InChI is InChI=1S/C24H32N2O4/c1-17(7-8-18-9-11-19(28-2)12-10-18)25-24(27)26-15-5-6-22(26)21-16-20(29-3)13-14-23(21)30-4/h9-14,16-17,22H,5-8,15H2,1-4H3,(H,25,27). The average molecular weight is 413 g/mol. The molecular formula is C24H32N2O4. The molecule has 1 N–H and O–H groups in total. The fraction of sp³-hybridized carbons (Fsp3) is 0.458. The van der Waals surface area contributed by atoms with E-state index in [0.29, 0.717) is 0 Å². The van der Waals surface area contributed by atoms with Crippen molar-refractivity contribution in [1.82, 2.24) is 10.2 Å². The Bertz CT molecular complexity index is 838. The summed E-state index contributed by atoms with van der Waals surface area (Å²) in [5.74, 6) is 2.41. The van der Waals surface area contributed by atoms with Gasteiger partial charge in [-0.2, -0.15) is 0 Å². The normalized spacial score (nSPS) is 16.8. The molecule has 1 heterocycles. The third-order valence-corrected chi connectivity index (χ3v) is 5.70. The van der Waals surface area contributed by atoms with Gasteiger partial charge in [-0.25, -0.2) is 4.79 Å². The van der Waals surface area contributed by atoms with Gasteiger partial charge in [-0.3, -0.25) is 0 Å². The predicted octanol–water partition coefficient (Wildman–Crippen LogP) is 4.58. The Kier molecular flexibility index (Phi) is 7.44. The van der Waals surface area contributed by atoms with E-state index in [0.717, 1.165) is 55.0 Å². The topological polar surface area (TPSA) is 60.0 Å². The highest BCUT2D eigenvalue weighted by Gasteiger charge is 2.32. The van der Waals surface area contributed by atoms with E-state index in [1.165, 1.54) is 5.56 Å². The molecule has 162 valence electrons. The molecule has 0 spiro atoms. The summed E-state index contributed by atoms with van der Waals surface area (Å²) in [6.45, 7) is 2.79. The van der Waals surface area contributed by atoms with Crippen LogP contribution >= 0.6 is 0 Å². The van der Waals surface area contributed by atoms with E-state index in [-0.39, 0.29) is 18.1 Å². The second kappa shape index (κ2) is 10.2. The first-order valence-corrected chi connectivity index (χ1v) is 10.5. The van der Waals surface area contributed by atoms with Crippen LogP contribution in [-0.2, 0) is 6.42 Å². The Hall–Kier alpha value is -2.89. The summed E-state index contributed by atoms with van der Waals surface area (Å²) < 4.78 is 16.1. The molecule has 0 radical (unpaired) electrons. The number of aryl methyl sites for hydroxylation is 1. The molecule has 6 heteroatoms. The van der Waals surface area contributed by atoms with Crippen molar-refractivity contribution in [2.75, 3.05) is 27.9 Å². The van der Waals surface area contributed by atoms with Crippen molar-refractivity contribution < 1.29 is 19.0 Å². The summed E-state index contributed by atoms with van der Waals surface area (Å²) in [5.41, 5.74) is 2.23. The van der Waals surface area contributed by atoms with Gasteiger partial charge < -0.3 is 24.4 Å². The van der Waals surface area contributed by atoms with Crippen molar-refractivity contribution in [2.24, 2.45) is 0 Å². The lowest BCUT2D eigenvalue weighted by Crippen LogP contribution is -2.43. The van der Waals surface area contributed by atoms with Crippen molar-refractivity contribution in [3.8, 4) is 17.2 Å². The van der Waals surface area contributed by atoms with E-state index < -0.39 is 0 Å². The van der Waals surface area contributed by atoms with Crippen molar-refractivity contribution in [3.05, 3.63) is 53.6 Å². The number of carbonyl (C=O) groups is 1. The summed E-state index contributed by atoms with van der Waals surface area (Å²) >= 11 is 0. The maximum atomic E-state index is 13.0. The van der Waals surface area contributed by atoms with Crippen molar-refractivity contribution >= 4 is 6.03 Å². The van der Waals surface area contributed by atoms with Crippen LogP contribution in [0.4, 0.5) is 4.79 Å². The number of nitrogens with zero attached hydrogens (tertiary/aromatic N) is 1. The van der Waals surface area contributed by atoms with Crippen LogP contribution in [0.3, 0.4) is 0 Å². The van der Waals surface area contributed by atoms with Gasteiger partial charge in [0.15, 0.2) is 0 Å². The molecule has 2 atom stereocenters. The van der Waals surface area contributed by atoms with Crippen molar-refractivity contribution in [1.29, 1.82) is 0 Å². The average Bonchev–Trinajstić information content (AvgIpc) is 3.27. The van der Waals surface area contributed by atoms with E-state index in [1.807, 2.05) is 35.2 Å². The largest absolute Gasteiger partial charge is 0.497 e. The van der Waals surface area contributed by atoms with Gasteiger partial charge in [0.1, 0.15) is 17.2 Å². The molecule has 2 aromatic rings. The van der Waals surface area contributed by atoms with Gasteiger partial charge in [-0.15, -0.1) is 0 Å². The fourth-order valence-electron chi connectivity index (χ4n) is 3.97. The van der Waals surface area contributed by atoms with Gasteiger partial charge in [-0.1, -0.05) is 12.1 Å². The predicted molar refractivity (Wildman–Crippen MR) is 118 cm³/mol. The van der Waals surface area contributed by atoms with E-state index in [4.69, 9.17) is 14.2 Å². The number of benzene rings is 2. The minimum atomic E-state index is -0.0235. The third kappa shape index (κ3) is 5.17. The number of nitrogens with one attached hydrogen (secondary N) is 1. The Morgan fingerprint density at radius 3 is 2.43 bits per heavy atom. The number of rotatable bonds is 8. The molecule has 6 nitrogen and oxygen atoms in total. The van der Waals surface area contributed by atoms with E-state index >= 15 is 0 Å². The molecule has 0 aromatic heterocycles. The number of amides is 2. The molecule has 30 heavy (non-hydrogen) atoms. The van der Waals surface area contributed by atoms with Crippen LogP contribution in [0.15, 0.2) is 42.5 Å². The highest BCUT2D eigenvalue weighted by atomic mass is 16.5. The lowest BCUT2D eigenvalue weighted by molar-refractivity contribution is 0.188. The van der Waals surface area contributed by atoms with Crippen LogP contribution in [0.2, 0.25) is 0 Å². The summed E-state index contributed by atoms with van der Waals surface area (Å²) in [7, 11) is 4.97. The minimum absolute atomic E-state index is 0.0103. The summed E-state index contributed by atoms with van der Waals surface area (Å²) in [5, 5.41) is 3.17. The molecule has 2 unspecified atom stereocenters. The number of ether oxygens (including phenoxy) is 3. The van der Waals surface area contributed by atoms with Gasteiger partial charge in [0.05, 0.1) is 27.4 Å². The van der Waals surface area contributed by atoms with Crippen molar-refractivity contribution in [2.45, 2.75) is 44.7 Å². The van der Waals surface area contributed by atoms with E-state index in [1.54, 1.807) is 21.3 Å². The minimum Gasteiger partial charge on any atom is -0.497 e. The molecule has 0 aliphatic carbocycles. The van der Waals surface area contributed by atoms with Gasteiger partial charge in [0, 0.05) is 18.2 Å². The maximum Gasteiger partial charge on any atom is 0.318 e. The first kappa shape index (κ1) is 21.8. The molecule has 2 amide bonds. The van der Waals surface area contributed by atoms with Crippen molar-refractivity contribution in [3.63, 3.8) is 0 Å². The summed E-state index contributed by atoms with van der Waals surface area (Å²) in [6.07, 6.45) is 3.66. The van der Waals surface area contributed by atoms with Gasteiger partial charge in [-0.05, 0) is 68.5 Å². The molecule has 1 saturated heterocycles. The smallest absolute Gasteiger partial charge is 0.318 e. The number of hydrogen-bond donors (Lipinski definition) is 1. The van der Waals surface area contributed by atoms with Gasteiger partial charge in [0.25, 0.3) is 0 Å². The molecule has 2 aromatic carbocycles. The highest BCUT2D eigenvalue weighted by Crippen LogP contribution is 2.38. The fourth-order valence-corrected chi connectivity index (χ4v) is 3.97. The second-order valence-electron chi connectivity index (χ2n) is 7.70. The zero-order chi connectivity index (χ0) is 21.5. The Morgan fingerprint density at radius 1 is 1.07 bits per heavy atom. The highest BCUT2D eigenvalue weighted by molar-refractivity contribution is 5.75. The number of likely N-dealkylation sites (tertiary alicyclic amines) is 1. The van der Waals surface area contributed by atoms with E-state index in [9.17, 15) is 4.79 Å². The Balaban J connectivity index is 1.61. The third-order valence-electron chi connectivity index (χ3n) is 5.70. The maximum absolute atomic E-state index is 13.0. The SMILES string of the molecule is COc1ccc(CCC(C)NC(=O)N2CCCC2c2cc(OC)ccc2OC)cc1. The van der Waals surface area contributed by atoms with Crippen LogP contribution in [-0.4, -0.2) is 44.8 Å². The molecular weight excluding hydrogens is 380 g/mol. The van der Waals surface area contributed by atoms with Gasteiger partial charge >= 0.3 is 6.03 Å². The Morgan fingerprint density at radius 2 is 1.77 bits per heavy atom. The lowest BCUT2D eigenvalue weighted by atomic mass is 10.0. The van der Waals surface area contributed by atoms with Crippen LogP contribution < -0.4 is 19.5 Å². The molecule has 1 aliphatic heterocycles. The number of hydrogen-bond acceptors (Lipinski definition) is 4. The molecule has 3 rings (SSSR count). The first-order chi connectivity index (χ1) is 14.5. The molecule has 1 aliphatic rings. The second-order valence-corrected chi connectivity index (χ2v) is 7.70. The van der Waals surface area contributed by atoms with E-state index in [2.05, 4.69) is 24.4 Å². The monoisotopic (exact) mass is 412 g/mol. The zero-order valence-electron chi connectivity index (χ0n) is 18.3. The molecule has 0 bridgehead atoms. The van der Waals surface area contributed by atoms with Crippen LogP contribution in [0.5, 0.6) is 17.2 Å². The lowest BCUT2D eigenvalue weighted by Gasteiger charge is -2.28.